The molecule has 0 radical (unpaired) electrons. The number of fused-ring (bicyclic) bond motifs is 1. The number of sulfonamides is 1. The number of hydrogen-bond acceptors (Lipinski definition) is 3. The standard InChI is InChI=1S/C20H23FN4O2S/c1-14-20(15-5-4-6-17(11-15)28(26,27)24(2)3)18-8-10-23-12-19(18)25(14)13-16(21)7-9-22/h4-8,10-12H,9,13,22H2,1-3H3/p+1. The fourth-order valence-electron chi connectivity index (χ4n) is 3.29. The largest absolute Gasteiger partial charge is 0.354 e. The molecule has 148 valence electrons. The summed E-state index contributed by atoms with van der Waals surface area (Å²) in [5.41, 5.74) is 6.92. The van der Waals surface area contributed by atoms with Crippen LogP contribution in [0.1, 0.15) is 5.69 Å². The number of quaternary nitrogens is 1. The number of halogens is 1. The highest BCUT2D eigenvalue weighted by Gasteiger charge is 2.21. The van der Waals surface area contributed by atoms with E-state index in [1.54, 1.807) is 30.6 Å². The van der Waals surface area contributed by atoms with Crippen LogP contribution in [-0.4, -0.2) is 42.9 Å². The highest BCUT2D eigenvalue weighted by Crippen LogP contribution is 2.35. The molecule has 0 unspecified atom stereocenters. The van der Waals surface area contributed by atoms with Crippen LogP contribution >= 0.6 is 0 Å². The Morgan fingerprint density at radius 2 is 2.07 bits per heavy atom. The van der Waals surface area contributed by atoms with Gasteiger partial charge in [-0.3, -0.25) is 4.98 Å². The van der Waals surface area contributed by atoms with Gasteiger partial charge in [-0.05, 0) is 30.7 Å². The Labute approximate surface area is 164 Å². The summed E-state index contributed by atoms with van der Waals surface area (Å²) in [7, 11) is -0.550. The second-order valence-corrected chi connectivity index (χ2v) is 8.85. The van der Waals surface area contributed by atoms with Crippen LogP contribution in [0, 0.1) is 6.92 Å². The lowest BCUT2D eigenvalue weighted by Crippen LogP contribution is -2.49. The van der Waals surface area contributed by atoms with Crippen molar-refractivity contribution in [1.29, 1.82) is 0 Å². The Hall–Kier alpha value is -2.55. The smallest absolute Gasteiger partial charge is 0.242 e. The third kappa shape index (κ3) is 3.58. The molecule has 6 nitrogen and oxygen atoms in total. The van der Waals surface area contributed by atoms with Gasteiger partial charge < -0.3 is 10.3 Å². The third-order valence-electron chi connectivity index (χ3n) is 4.70. The number of aromatic nitrogens is 2. The molecule has 0 aliphatic carbocycles. The quantitative estimate of drug-likeness (QED) is 0.686. The Morgan fingerprint density at radius 3 is 2.75 bits per heavy atom. The van der Waals surface area contributed by atoms with Gasteiger partial charge in [-0.25, -0.2) is 17.1 Å². The van der Waals surface area contributed by atoms with Crippen LogP contribution in [-0.2, 0) is 16.6 Å². The number of rotatable bonds is 6. The first-order valence-electron chi connectivity index (χ1n) is 8.87. The van der Waals surface area contributed by atoms with E-state index >= 15 is 0 Å². The Morgan fingerprint density at radius 1 is 1.32 bits per heavy atom. The number of pyridine rings is 1. The molecule has 28 heavy (non-hydrogen) atoms. The summed E-state index contributed by atoms with van der Waals surface area (Å²) in [6.07, 6.45) is 4.83. The zero-order valence-corrected chi connectivity index (χ0v) is 17.0. The number of allylic oxidation sites excluding steroid dienone is 1. The van der Waals surface area contributed by atoms with Crippen molar-refractivity contribution in [2.24, 2.45) is 0 Å². The topological polar surface area (TPSA) is 82.8 Å². The summed E-state index contributed by atoms with van der Waals surface area (Å²) >= 11 is 0. The second kappa shape index (κ2) is 7.83. The van der Waals surface area contributed by atoms with Crippen molar-refractivity contribution in [3.8, 4) is 11.1 Å². The molecule has 3 rings (SSSR count). The van der Waals surface area contributed by atoms with E-state index in [4.69, 9.17) is 0 Å². The first-order chi connectivity index (χ1) is 13.3. The molecule has 0 bridgehead atoms. The molecule has 1 aromatic carbocycles. The van der Waals surface area contributed by atoms with E-state index in [-0.39, 0.29) is 17.3 Å². The van der Waals surface area contributed by atoms with Gasteiger partial charge in [-0.1, -0.05) is 12.1 Å². The van der Waals surface area contributed by atoms with E-state index in [0.717, 1.165) is 27.7 Å². The molecule has 0 saturated heterocycles. The van der Waals surface area contributed by atoms with E-state index in [0.29, 0.717) is 6.54 Å². The van der Waals surface area contributed by atoms with Gasteiger partial charge in [-0.15, -0.1) is 0 Å². The Bertz CT molecular complexity index is 1150. The van der Waals surface area contributed by atoms with Gasteiger partial charge in [0.15, 0.2) is 0 Å². The lowest BCUT2D eigenvalue weighted by molar-refractivity contribution is -0.353. The zero-order chi connectivity index (χ0) is 20.5. The van der Waals surface area contributed by atoms with Crippen molar-refractivity contribution in [3.63, 3.8) is 0 Å². The maximum atomic E-state index is 14.2. The van der Waals surface area contributed by atoms with Gasteiger partial charge >= 0.3 is 0 Å². The first kappa shape index (κ1) is 20.2. The predicted molar refractivity (Wildman–Crippen MR) is 108 cm³/mol. The van der Waals surface area contributed by atoms with Crippen LogP contribution in [0.3, 0.4) is 0 Å². The molecule has 0 aliphatic rings. The Balaban J connectivity index is 2.23. The minimum Gasteiger partial charge on any atom is -0.354 e. The molecular formula is C20H24FN4O2S+. The molecule has 3 aromatic rings. The molecule has 3 N–H and O–H groups in total. The van der Waals surface area contributed by atoms with Gasteiger partial charge in [0, 0.05) is 43.0 Å². The zero-order valence-electron chi connectivity index (χ0n) is 16.2. The summed E-state index contributed by atoms with van der Waals surface area (Å²) in [6, 6.07) is 8.68. The monoisotopic (exact) mass is 403 g/mol. The summed E-state index contributed by atoms with van der Waals surface area (Å²) in [5, 5.41) is 0.898. The summed E-state index contributed by atoms with van der Waals surface area (Å²) in [6.45, 7) is 2.36. The molecule has 0 amide bonds. The van der Waals surface area contributed by atoms with Gasteiger partial charge in [0.2, 0.25) is 10.0 Å². The Kier molecular flexibility index (Phi) is 5.64. The first-order valence-corrected chi connectivity index (χ1v) is 10.3. The van der Waals surface area contributed by atoms with Crippen molar-refractivity contribution in [3.05, 3.63) is 60.3 Å². The maximum absolute atomic E-state index is 14.2. The summed E-state index contributed by atoms with van der Waals surface area (Å²) in [5.74, 6) is -0.269. The van der Waals surface area contributed by atoms with E-state index in [2.05, 4.69) is 10.7 Å². The summed E-state index contributed by atoms with van der Waals surface area (Å²) in [4.78, 5) is 4.39. The van der Waals surface area contributed by atoms with E-state index in [9.17, 15) is 12.8 Å². The van der Waals surface area contributed by atoms with E-state index < -0.39 is 10.0 Å². The van der Waals surface area contributed by atoms with Gasteiger partial charge in [0.05, 0.1) is 29.7 Å². The number of nitrogens with zero attached hydrogens (tertiary/aromatic N) is 3. The average molecular weight is 404 g/mol. The normalized spacial score (nSPS) is 12.9. The van der Waals surface area contributed by atoms with Crippen LogP contribution < -0.4 is 5.73 Å². The number of hydrogen-bond donors (Lipinski definition) is 1. The minimum atomic E-state index is -3.55. The van der Waals surface area contributed by atoms with E-state index in [1.807, 2.05) is 23.6 Å². The fourth-order valence-corrected chi connectivity index (χ4v) is 4.23. The lowest BCUT2D eigenvalue weighted by Gasteiger charge is -2.13. The average Bonchev–Trinajstić information content (AvgIpc) is 2.94. The molecule has 0 saturated carbocycles. The number of benzene rings is 1. The van der Waals surface area contributed by atoms with Gasteiger partial charge in [0.25, 0.3) is 0 Å². The predicted octanol–water partition coefficient (Wildman–Crippen LogP) is 2.36. The van der Waals surface area contributed by atoms with Crippen molar-refractivity contribution < 1.29 is 18.5 Å². The maximum Gasteiger partial charge on any atom is 0.242 e. The molecule has 2 heterocycles. The molecular weight excluding hydrogens is 379 g/mol. The molecule has 0 aliphatic heterocycles. The SMILES string of the molecule is Cc1c(-c2cccc(S(=O)(=O)N(C)C)c2)c2ccncc2n1CC(F)=CC[NH3+]. The molecule has 2 aromatic heterocycles. The molecule has 0 atom stereocenters. The highest BCUT2D eigenvalue weighted by molar-refractivity contribution is 7.89. The van der Waals surface area contributed by atoms with Crippen LogP contribution in [0.5, 0.6) is 0 Å². The summed E-state index contributed by atoms with van der Waals surface area (Å²) < 4.78 is 42.3. The molecule has 0 spiro atoms. The van der Waals surface area contributed by atoms with E-state index in [1.165, 1.54) is 24.5 Å². The fraction of sp³-hybridized carbons (Fsp3) is 0.250. The molecule has 0 fully saturated rings. The van der Waals surface area contributed by atoms with Crippen LogP contribution in [0.25, 0.3) is 22.0 Å². The van der Waals surface area contributed by atoms with Crippen molar-refractivity contribution in [2.75, 3.05) is 20.6 Å². The van der Waals surface area contributed by atoms with Crippen LogP contribution in [0.15, 0.2) is 59.5 Å². The van der Waals surface area contributed by atoms with Gasteiger partial charge in [-0.2, -0.15) is 0 Å². The van der Waals surface area contributed by atoms with Gasteiger partial charge in [0.1, 0.15) is 5.83 Å². The lowest BCUT2D eigenvalue weighted by atomic mass is 10.0. The van der Waals surface area contributed by atoms with Crippen LogP contribution in [0.2, 0.25) is 0 Å². The molecule has 8 heteroatoms. The van der Waals surface area contributed by atoms with Crippen molar-refractivity contribution in [2.45, 2.75) is 18.4 Å². The highest BCUT2D eigenvalue weighted by atomic mass is 32.2. The third-order valence-corrected chi connectivity index (χ3v) is 6.51. The van der Waals surface area contributed by atoms with Crippen molar-refractivity contribution >= 4 is 20.9 Å². The minimum absolute atomic E-state index is 0.0826. The van der Waals surface area contributed by atoms with Crippen molar-refractivity contribution in [1.82, 2.24) is 13.9 Å². The second-order valence-electron chi connectivity index (χ2n) is 6.69. The van der Waals surface area contributed by atoms with Crippen LogP contribution in [0.4, 0.5) is 4.39 Å².